The average molecular weight is 413 g/mol. The van der Waals surface area contributed by atoms with Gasteiger partial charge in [0, 0.05) is 12.0 Å². The van der Waals surface area contributed by atoms with Crippen LogP contribution < -0.4 is 9.47 Å². The van der Waals surface area contributed by atoms with Crippen LogP contribution in [0.2, 0.25) is 0 Å². The highest BCUT2D eigenvalue weighted by Crippen LogP contribution is 2.17. The van der Waals surface area contributed by atoms with Crippen LogP contribution in [0.3, 0.4) is 0 Å². The summed E-state index contributed by atoms with van der Waals surface area (Å²) < 4.78 is 16.6. The molecule has 2 N–H and O–H groups in total. The van der Waals surface area contributed by atoms with E-state index in [-0.39, 0.29) is 25.7 Å². The van der Waals surface area contributed by atoms with Gasteiger partial charge in [0.05, 0.1) is 6.10 Å². The molecule has 0 saturated carbocycles. The van der Waals surface area contributed by atoms with E-state index in [2.05, 4.69) is 4.85 Å². The van der Waals surface area contributed by atoms with Gasteiger partial charge in [-0.2, -0.15) is 0 Å². The third-order valence-electron chi connectivity index (χ3n) is 4.10. The Morgan fingerprint density at radius 3 is 2.30 bits per heavy atom. The van der Waals surface area contributed by atoms with Crippen molar-refractivity contribution in [3.8, 4) is 11.5 Å². The number of carbonyl (C=O) groups is 1. The molecular weight excluding hydrogens is 386 g/mol. The molecule has 0 fully saturated rings. The predicted octanol–water partition coefficient (Wildman–Crippen LogP) is 3.35. The minimum absolute atomic E-state index is 0.0319. The Bertz CT molecular complexity index is 844. The molecule has 0 radical (unpaired) electrons. The van der Waals surface area contributed by atoms with Crippen molar-refractivity contribution < 1.29 is 29.2 Å². The van der Waals surface area contributed by atoms with Gasteiger partial charge in [-0.25, -0.2) is 11.4 Å². The molecule has 0 bridgehead atoms. The van der Waals surface area contributed by atoms with Crippen LogP contribution in [0, 0.1) is 6.57 Å². The molecule has 2 unspecified atom stereocenters. The zero-order chi connectivity index (χ0) is 21.9. The number of aliphatic hydroxyl groups excluding tert-OH is 1. The molecule has 30 heavy (non-hydrogen) atoms. The van der Waals surface area contributed by atoms with Crippen molar-refractivity contribution >= 4 is 5.97 Å². The lowest BCUT2D eigenvalue weighted by Gasteiger charge is -2.17. The summed E-state index contributed by atoms with van der Waals surface area (Å²) in [5.41, 5.74) is 1.68. The van der Waals surface area contributed by atoms with Gasteiger partial charge in [0.15, 0.2) is 6.10 Å². The van der Waals surface area contributed by atoms with E-state index >= 15 is 0 Å². The summed E-state index contributed by atoms with van der Waals surface area (Å²) in [7, 11) is 0. The third-order valence-corrected chi connectivity index (χ3v) is 4.10. The summed E-state index contributed by atoms with van der Waals surface area (Å²) in [4.78, 5) is 14.7. The van der Waals surface area contributed by atoms with Crippen LogP contribution in [0.4, 0.5) is 0 Å². The van der Waals surface area contributed by atoms with Gasteiger partial charge in [0.25, 0.3) is 0 Å². The quantitative estimate of drug-likeness (QED) is 0.519. The number of hydrogen-bond acceptors (Lipinski definition) is 5. The van der Waals surface area contributed by atoms with Gasteiger partial charge < -0.3 is 29.3 Å². The molecular formula is C23H27NO6. The van der Waals surface area contributed by atoms with Crippen LogP contribution in [-0.4, -0.2) is 47.7 Å². The van der Waals surface area contributed by atoms with E-state index in [0.717, 1.165) is 11.1 Å². The lowest BCUT2D eigenvalue weighted by atomic mass is 10.1. The van der Waals surface area contributed by atoms with Gasteiger partial charge in [0.2, 0.25) is 6.54 Å². The highest BCUT2D eigenvalue weighted by atomic mass is 16.5. The first kappa shape index (κ1) is 23.2. The molecule has 2 atom stereocenters. The Balaban J connectivity index is 1.83. The zero-order valence-corrected chi connectivity index (χ0v) is 17.2. The first-order chi connectivity index (χ1) is 14.4. The van der Waals surface area contributed by atoms with Crippen molar-refractivity contribution in [1.82, 2.24) is 0 Å². The van der Waals surface area contributed by atoms with Crippen molar-refractivity contribution in [2.45, 2.75) is 45.1 Å². The predicted molar refractivity (Wildman–Crippen MR) is 112 cm³/mol. The molecule has 2 aromatic rings. The summed E-state index contributed by atoms with van der Waals surface area (Å²) in [6.07, 6.45) is -1.74. The van der Waals surface area contributed by atoms with E-state index in [1.807, 2.05) is 18.2 Å². The lowest BCUT2D eigenvalue weighted by molar-refractivity contribution is -0.153. The first-order valence-electron chi connectivity index (χ1n) is 9.70. The molecule has 0 amide bonds. The highest BCUT2D eigenvalue weighted by molar-refractivity contribution is 5.72. The smallest absolute Gasteiger partial charge is 0.333 e. The number of carboxylic acids is 1. The van der Waals surface area contributed by atoms with Gasteiger partial charge in [-0.1, -0.05) is 12.1 Å². The Morgan fingerprint density at radius 1 is 1.03 bits per heavy atom. The minimum Gasteiger partial charge on any atom is -0.491 e. The van der Waals surface area contributed by atoms with Gasteiger partial charge in [0.1, 0.15) is 30.8 Å². The molecule has 2 aromatic carbocycles. The highest BCUT2D eigenvalue weighted by Gasteiger charge is 2.20. The second-order valence-corrected chi connectivity index (χ2v) is 7.10. The molecule has 0 heterocycles. The molecule has 0 aliphatic carbocycles. The van der Waals surface area contributed by atoms with Crippen molar-refractivity contribution in [1.29, 1.82) is 0 Å². The Labute approximate surface area is 176 Å². The second-order valence-electron chi connectivity index (χ2n) is 7.10. The fourth-order valence-electron chi connectivity index (χ4n) is 2.71. The molecule has 0 aliphatic heterocycles. The summed E-state index contributed by atoms with van der Waals surface area (Å²) in [6, 6.07) is 14.2. The molecule has 7 nitrogen and oxygen atoms in total. The van der Waals surface area contributed by atoms with Crippen LogP contribution in [0.5, 0.6) is 11.5 Å². The maximum atomic E-state index is 11.4. The van der Waals surface area contributed by atoms with Crippen molar-refractivity contribution in [3.63, 3.8) is 0 Å². The number of rotatable bonds is 12. The van der Waals surface area contributed by atoms with E-state index in [9.17, 15) is 15.0 Å². The van der Waals surface area contributed by atoms with E-state index in [1.165, 1.54) is 0 Å². The number of hydrogen-bond donors (Lipinski definition) is 2. The van der Waals surface area contributed by atoms with E-state index in [4.69, 9.17) is 20.8 Å². The number of nitrogens with zero attached hydrogens (tertiary/aromatic N) is 1. The Morgan fingerprint density at radius 2 is 1.70 bits per heavy atom. The van der Waals surface area contributed by atoms with E-state index in [1.54, 1.807) is 44.2 Å². The SMILES string of the molecule is [C-]#[N+]Cc1ccc(OCC(O)COc2cccc(CC(OC(C)C)C(=O)O)c2)cc1. The normalized spacial score (nSPS) is 12.8. The van der Waals surface area contributed by atoms with Crippen LogP contribution in [0.25, 0.3) is 4.85 Å². The standard InChI is InChI=1S/C23H27NO6/c1-16(2)30-22(23(26)27)12-18-5-4-6-21(11-18)29-15-19(25)14-28-20-9-7-17(8-10-20)13-24-3/h4-11,16,19,22,25H,12-15H2,1-2H3,(H,26,27). The Hall–Kier alpha value is -3.08. The van der Waals surface area contributed by atoms with Gasteiger partial charge >= 0.3 is 5.97 Å². The maximum absolute atomic E-state index is 11.4. The monoisotopic (exact) mass is 413 g/mol. The van der Waals surface area contributed by atoms with Gasteiger partial charge in [-0.3, -0.25) is 0 Å². The maximum Gasteiger partial charge on any atom is 0.333 e. The topological polar surface area (TPSA) is 89.6 Å². The summed E-state index contributed by atoms with van der Waals surface area (Å²) >= 11 is 0. The lowest BCUT2D eigenvalue weighted by Crippen LogP contribution is -2.29. The second kappa shape index (κ2) is 11.8. The van der Waals surface area contributed by atoms with Crippen molar-refractivity contribution in [3.05, 3.63) is 71.1 Å². The fourth-order valence-corrected chi connectivity index (χ4v) is 2.71. The number of ether oxygens (including phenoxy) is 3. The molecule has 160 valence electrons. The van der Waals surface area contributed by atoms with Crippen LogP contribution in [0.1, 0.15) is 25.0 Å². The van der Waals surface area contributed by atoms with Crippen molar-refractivity contribution in [2.75, 3.05) is 13.2 Å². The van der Waals surface area contributed by atoms with Gasteiger partial charge in [-0.15, -0.1) is 0 Å². The average Bonchev–Trinajstić information content (AvgIpc) is 2.71. The zero-order valence-electron chi connectivity index (χ0n) is 17.2. The van der Waals surface area contributed by atoms with Crippen LogP contribution in [0.15, 0.2) is 48.5 Å². The molecule has 7 heteroatoms. The summed E-state index contributed by atoms with van der Waals surface area (Å²) in [5.74, 6) is 0.128. The van der Waals surface area contributed by atoms with Gasteiger partial charge in [-0.05, 0) is 55.8 Å². The number of carboxylic acid groups (broad SMARTS) is 1. The molecule has 0 spiro atoms. The Kier molecular flexibility index (Phi) is 9.13. The van der Waals surface area contributed by atoms with Crippen LogP contribution >= 0.6 is 0 Å². The number of aliphatic hydroxyl groups is 1. The third kappa shape index (κ3) is 8.11. The fraction of sp³-hybridized carbons (Fsp3) is 0.391. The number of benzene rings is 2. The summed E-state index contributed by atoms with van der Waals surface area (Å²) in [5, 5.41) is 19.4. The molecule has 2 rings (SSSR count). The van der Waals surface area contributed by atoms with Crippen LogP contribution in [-0.2, 0) is 22.5 Å². The molecule has 0 saturated heterocycles. The first-order valence-corrected chi connectivity index (χ1v) is 9.70. The van der Waals surface area contributed by atoms with Crippen molar-refractivity contribution in [2.24, 2.45) is 0 Å². The minimum atomic E-state index is -1.01. The largest absolute Gasteiger partial charge is 0.491 e. The summed E-state index contributed by atoms with van der Waals surface area (Å²) in [6.45, 7) is 10.9. The van der Waals surface area contributed by atoms with E-state index in [0.29, 0.717) is 18.0 Å². The molecule has 0 aliphatic rings. The number of aliphatic carboxylic acids is 1. The van der Waals surface area contributed by atoms with E-state index < -0.39 is 18.2 Å². The molecule has 0 aromatic heterocycles.